The summed E-state index contributed by atoms with van der Waals surface area (Å²) in [5.74, 6) is 0.0417. The van der Waals surface area contributed by atoms with Gasteiger partial charge in [0.1, 0.15) is 0 Å². The number of carbonyl (C=O) groups is 2. The Morgan fingerprint density at radius 1 is 1.38 bits per heavy atom. The lowest BCUT2D eigenvalue weighted by Gasteiger charge is -2.18. The third-order valence-electron chi connectivity index (χ3n) is 3.45. The van der Waals surface area contributed by atoms with Gasteiger partial charge in [-0.05, 0) is 44.0 Å². The molecular weight excluding hydrogens is 290 g/mol. The molecule has 114 valence electrons. The first-order valence-corrected chi connectivity index (χ1v) is 7.59. The molecule has 0 unspecified atom stereocenters. The minimum absolute atomic E-state index is 0.0514. The van der Waals surface area contributed by atoms with Crippen molar-refractivity contribution in [3.8, 4) is 0 Å². The Balaban J connectivity index is 1.98. The van der Waals surface area contributed by atoms with E-state index in [0.29, 0.717) is 42.3 Å². The molecule has 3 N–H and O–H groups in total. The molecule has 2 rings (SSSR count). The summed E-state index contributed by atoms with van der Waals surface area (Å²) in [6.07, 6.45) is 3.48. The topological polar surface area (TPSA) is 75.4 Å². The van der Waals surface area contributed by atoms with E-state index in [9.17, 15) is 9.59 Å². The molecule has 5 nitrogen and oxygen atoms in total. The highest BCUT2D eigenvalue weighted by molar-refractivity contribution is 6.34. The average Bonchev–Trinajstić information content (AvgIpc) is 2.85. The first-order chi connectivity index (χ1) is 10.1. The summed E-state index contributed by atoms with van der Waals surface area (Å²) >= 11 is 6.22. The van der Waals surface area contributed by atoms with Crippen LogP contribution in [-0.4, -0.2) is 24.9 Å². The van der Waals surface area contributed by atoms with Crippen LogP contribution >= 0.6 is 11.6 Å². The summed E-state index contributed by atoms with van der Waals surface area (Å²) < 4.78 is 0. The smallest absolute Gasteiger partial charge is 0.227 e. The van der Waals surface area contributed by atoms with Gasteiger partial charge in [0.15, 0.2) is 0 Å². The van der Waals surface area contributed by atoms with Crippen LogP contribution in [0, 0.1) is 0 Å². The lowest BCUT2D eigenvalue weighted by atomic mass is 10.2. The quantitative estimate of drug-likeness (QED) is 0.793. The highest BCUT2D eigenvalue weighted by Gasteiger charge is 2.23. The zero-order valence-corrected chi connectivity index (χ0v) is 12.7. The number of hydrogen-bond donors (Lipinski definition) is 2. The number of halogens is 1. The molecule has 1 fully saturated rings. The molecule has 2 amide bonds. The fourth-order valence-corrected chi connectivity index (χ4v) is 2.64. The molecule has 6 heteroatoms. The first kappa shape index (κ1) is 15.8. The molecule has 1 aromatic carbocycles. The van der Waals surface area contributed by atoms with Crippen LogP contribution in [0.2, 0.25) is 5.02 Å². The van der Waals surface area contributed by atoms with Crippen molar-refractivity contribution < 1.29 is 9.59 Å². The zero-order valence-electron chi connectivity index (χ0n) is 11.9. The Kier molecular flexibility index (Phi) is 5.59. The van der Waals surface area contributed by atoms with Crippen LogP contribution in [0.5, 0.6) is 0 Å². The van der Waals surface area contributed by atoms with Crippen LogP contribution in [0.4, 0.5) is 11.4 Å². The average molecular weight is 310 g/mol. The van der Waals surface area contributed by atoms with E-state index in [1.165, 1.54) is 0 Å². The van der Waals surface area contributed by atoms with Gasteiger partial charge in [-0.3, -0.25) is 9.59 Å². The maximum absolute atomic E-state index is 11.7. The van der Waals surface area contributed by atoms with E-state index in [-0.39, 0.29) is 11.8 Å². The SMILES string of the molecule is NCCCCC(=O)Nc1ccc(N2CCCC2=O)c(Cl)c1. The van der Waals surface area contributed by atoms with Gasteiger partial charge in [0.05, 0.1) is 10.7 Å². The van der Waals surface area contributed by atoms with Gasteiger partial charge in [-0.1, -0.05) is 11.6 Å². The number of amides is 2. The number of rotatable bonds is 6. The number of nitrogens with two attached hydrogens (primary N) is 1. The van der Waals surface area contributed by atoms with Crippen LogP contribution in [0.15, 0.2) is 18.2 Å². The van der Waals surface area contributed by atoms with Crippen molar-refractivity contribution in [3.63, 3.8) is 0 Å². The van der Waals surface area contributed by atoms with E-state index in [1.54, 1.807) is 23.1 Å². The lowest BCUT2D eigenvalue weighted by Crippen LogP contribution is -2.24. The van der Waals surface area contributed by atoms with Crippen molar-refractivity contribution in [3.05, 3.63) is 23.2 Å². The minimum Gasteiger partial charge on any atom is -0.330 e. The molecule has 0 atom stereocenters. The summed E-state index contributed by atoms with van der Waals surface area (Å²) in [5, 5.41) is 3.28. The van der Waals surface area contributed by atoms with E-state index in [0.717, 1.165) is 19.3 Å². The Morgan fingerprint density at radius 3 is 2.81 bits per heavy atom. The highest BCUT2D eigenvalue weighted by atomic mass is 35.5. The second kappa shape index (κ2) is 7.43. The van der Waals surface area contributed by atoms with Crippen LogP contribution in [-0.2, 0) is 9.59 Å². The summed E-state index contributed by atoms with van der Waals surface area (Å²) in [7, 11) is 0. The second-order valence-electron chi connectivity index (χ2n) is 5.11. The number of carbonyl (C=O) groups excluding carboxylic acids is 2. The van der Waals surface area contributed by atoms with Crippen LogP contribution < -0.4 is 16.0 Å². The molecule has 0 aliphatic carbocycles. The van der Waals surface area contributed by atoms with E-state index in [1.807, 2.05) is 0 Å². The molecule has 21 heavy (non-hydrogen) atoms. The molecule has 1 aliphatic heterocycles. The summed E-state index contributed by atoms with van der Waals surface area (Å²) in [5.41, 5.74) is 6.75. The van der Waals surface area contributed by atoms with Crippen LogP contribution in [0.3, 0.4) is 0 Å². The van der Waals surface area contributed by atoms with Crippen LogP contribution in [0.1, 0.15) is 32.1 Å². The van der Waals surface area contributed by atoms with Crippen molar-refractivity contribution in [1.82, 2.24) is 0 Å². The van der Waals surface area contributed by atoms with E-state index in [4.69, 9.17) is 17.3 Å². The van der Waals surface area contributed by atoms with Gasteiger partial charge in [-0.25, -0.2) is 0 Å². The van der Waals surface area contributed by atoms with Crippen molar-refractivity contribution in [2.75, 3.05) is 23.3 Å². The molecule has 0 spiro atoms. The predicted molar refractivity (Wildman–Crippen MR) is 84.6 cm³/mol. The second-order valence-corrected chi connectivity index (χ2v) is 5.52. The molecule has 0 saturated carbocycles. The van der Waals surface area contributed by atoms with Gasteiger partial charge in [0, 0.05) is 25.1 Å². The number of nitrogens with one attached hydrogen (secondary N) is 1. The zero-order chi connectivity index (χ0) is 15.2. The van der Waals surface area contributed by atoms with Gasteiger partial charge in [0.2, 0.25) is 11.8 Å². The fourth-order valence-electron chi connectivity index (χ4n) is 2.36. The van der Waals surface area contributed by atoms with Crippen molar-refractivity contribution in [2.24, 2.45) is 5.73 Å². The molecule has 1 saturated heterocycles. The molecular formula is C15H20ClN3O2. The molecule has 0 bridgehead atoms. The monoisotopic (exact) mass is 309 g/mol. The minimum atomic E-state index is -0.0514. The molecule has 1 heterocycles. The molecule has 0 aromatic heterocycles. The number of hydrogen-bond acceptors (Lipinski definition) is 3. The fraction of sp³-hybridized carbons (Fsp3) is 0.467. The van der Waals surface area contributed by atoms with Gasteiger partial charge >= 0.3 is 0 Å². The largest absolute Gasteiger partial charge is 0.330 e. The predicted octanol–water partition coefficient (Wildman–Crippen LogP) is 2.53. The Bertz CT molecular complexity index is 534. The number of anilines is 2. The van der Waals surface area contributed by atoms with E-state index < -0.39 is 0 Å². The number of unbranched alkanes of at least 4 members (excludes halogenated alkanes) is 1. The van der Waals surface area contributed by atoms with Crippen LogP contribution in [0.25, 0.3) is 0 Å². The van der Waals surface area contributed by atoms with Crippen molar-refractivity contribution >= 4 is 34.8 Å². The van der Waals surface area contributed by atoms with Gasteiger partial charge in [-0.15, -0.1) is 0 Å². The van der Waals surface area contributed by atoms with E-state index in [2.05, 4.69) is 5.32 Å². The maximum atomic E-state index is 11.7. The van der Waals surface area contributed by atoms with E-state index >= 15 is 0 Å². The Morgan fingerprint density at radius 2 is 2.19 bits per heavy atom. The number of nitrogens with zero attached hydrogens (tertiary/aromatic N) is 1. The third-order valence-corrected chi connectivity index (χ3v) is 3.76. The highest BCUT2D eigenvalue weighted by Crippen LogP contribution is 2.31. The first-order valence-electron chi connectivity index (χ1n) is 7.21. The van der Waals surface area contributed by atoms with Gasteiger partial charge in [0.25, 0.3) is 0 Å². The third kappa shape index (κ3) is 4.19. The van der Waals surface area contributed by atoms with Gasteiger partial charge in [-0.2, -0.15) is 0 Å². The Hall–Kier alpha value is -1.59. The summed E-state index contributed by atoms with van der Waals surface area (Å²) in [4.78, 5) is 25.1. The van der Waals surface area contributed by atoms with Crippen molar-refractivity contribution in [1.29, 1.82) is 0 Å². The van der Waals surface area contributed by atoms with Gasteiger partial charge < -0.3 is 16.0 Å². The Labute approximate surface area is 129 Å². The molecule has 0 radical (unpaired) electrons. The molecule has 1 aliphatic rings. The molecule has 1 aromatic rings. The summed E-state index contributed by atoms with van der Waals surface area (Å²) in [6, 6.07) is 5.23. The van der Waals surface area contributed by atoms with Crippen molar-refractivity contribution in [2.45, 2.75) is 32.1 Å². The summed E-state index contributed by atoms with van der Waals surface area (Å²) in [6.45, 7) is 1.29. The number of benzene rings is 1. The maximum Gasteiger partial charge on any atom is 0.227 e. The lowest BCUT2D eigenvalue weighted by molar-refractivity contribution is -0.117. The standard InChI is InChI=1S/C15H20ClN3O2/c16-12-10-11(18-14(20)4-1-2-8-17)6-7-13(12)19-9-3-5-15(19)21/h6-7,10H,1-5,8-9,17H2,(H,18,20). The normalized spacial score (nSPS) is 14.6.